The summed E-state index contributed by atoms with van der Waals surface area (Å²) < 4.78 is 40.1. The molecule has 3 saturated heterocycles. The van der Waals surface area contributed by atoms with Crippen molar-refractivity contribution in [2.45, 2.75) is 38.9 Å². The molecule has 0 radical (unpaired) electrons. The number of piperidine rings is 2. The number of rotatable bonds is 3. The van der Waals surface area contributed by atoms with E-state index in [-0.39, 0.29) is 12.2 Å². The van der Waals surface area contributed by atoms with E-state index in [9.17, 15) is 8.42 Å². The van der Waals surface area contributed by atoms with Gasteiger partial charge in [-0.25, -0.2) is 0 Å². The fraction of sp³-hybridized carbons (Fsp3) is 1.00. The molecule has 0 aromatic carbocycles. The van der Waals surface area contributed by atoms with E-state index < -0.39 is 10.2 Å². The van der Waals surface area contributed by atoms with Gasteiger partial charge in [-0.2, -0.15) is 17.0 Å². The van der Waals surface area contributed by atoms with E-state index in [4.69, 9.17) is 9.47 Å². The van der Waals surface area contributed by atoms with Crippen molar-refractivity contribution in [2.24, 2.45) is 11.8 Å². The second kappa shape index (κ2) is 6.50. The summed E-state index contributed by atoms with van der Waals surface area (Å²) in [6, 6.07) is 0. The Morgan fingerprint density at radius 3 is 2.24 bits per heavy atom. The van der Waals surface area contributed by atoms with Crippen LogP contribution in [0.2, 0.25) is 0 Å². The molecule has 122 valence electrons. The third kappa shape index (κ3) is 3.42. The molecule has 2 atom stereocenters. The van der Waals surface area contributed by atoms with E-state index >= 15 is 0 Å². The summed E-state index contributed by atoms with van der Waals surface area (Å²) in [5.74, 6) is 0.619. The van der Waals surface area contributed by atoms with Gasteiger partial charge in [0.2, 0.25) is 0 Å². The monoisotopic (exact) mass is 318 g/mol. The molecule has 0 aromatic rings. The van der Waals surface area contributed by atoms with Crippen LogP contribution in [0.1, 0.15) is 32.6 Å². The van der Waals surface area contributed by atoms with Crippen molar-refractivity contribution < 1.29 is 17.9 Å². The molecule has 3 aliphatic heterocycles. The fourth-order valence-corrected chi connectivity index (χ4v) is 5.44. The van der Waals surface area contributed by atoms with Gasteiger partial charge in [0.15, 0.2) is 6.29 Å². The summed E-state index contributed by atoms with van der Waals surface area (Å²) in [6.07, 6.45) is 3.73. The highest BCUT2D eigenvalue weighted by molar-refractivity contribution is 7.86. The van der Waals surface area contributed by atoms with Crippen LogP contribution in [0.3, 0.4) is 0 Å². The highest BCUT2D eigenvalue weighted by atomic mass is 32.2. The van der Waals surface area contributed by atoms with Crippen LogP contribution in [0.5, 0.6) is 0 Å². The highest BCUT2D eigenvalue weighted by Gasteiger charge is 2.38. The Bertz CT molecular complexity index is 450. The topological polar surface area (TPSA) is 59.1 Å². The maximum Gasteiger partial charge on any atom is 0.281 e. The van der Waals surface area contributed by atoms with Gasteiger partial charge in [-0.3, -0.25) is 0 Å². The van der Waals surface area contributed by atoms with Gasteiger partial charge in [0, 0.05) is 32.1 Å². The van der Waals surface area contributed by atoms with Crippen LogP contribution < -0.4 is 0 Å². The molecular formula is C14H26N2O4S. The lowest BCUT2D eigenvalue weighted by molar-refractivity contribution is -0.0943. The molecule has 0 bridgehead atoms. The maximum atomic E-state index is 12.8. The Morgan fingerprint density at radius 1 is 0.952 bits per heavy atom. The minimum atomic E-state index is -3.32. The van der Waals surface area contributed by atoms with Crippen molar-refractivity contribution in [3.63, 3.8) is 0 Å². The molecule has 3 rings (SSSR count). The van der Waals surface area contributed by atoms with Gasteiger partial charge in [-0.05, 0) is 31.6 Å². The average Bonchev–Trinajstić information content (AvgIpc) is 3.02. The number of hydrogen-bond donors (Lipinski definition) is 0. The number of hydrogen-bond acceptors (Lipinski definition) is 4. The third-order valence-electron chi connectivity index (χ3n) is 4.73. The summed E-state index contributed by atoms with van der Waals surface area (Å²) in [5, 5.41) is 0. The minimum absolute atomic E-state index is 0.165. The van der Waals surface area contributed by atoms with Crippen LogP contribution >= 0.6 is 0 Å². The molecule has 6 nitrogen and oxygen atoms in total. The SMILES string of the molecule is CC1CCCN(S(=O)(=O)N2CCCC(C3OCCO3)C2)C1. The summed E-state index contributed by atoms with van der Waals surface area (Å²) in [4.78, 5) is 0. The van der Waals surface area contributed by atoms with Gasteiger partial charge < -0.3 is 9.47 Å². The Hall–Kier alpha value is -0.210. The van der Waals surface area contributed by atoms with Gasteiger partial charge in [-0.15, -0.1) is 0 Å². The molecule has 3 heterocycles. The van der Waals surface area contributed by atoms with Crippen LogP contribution in [-0.2, 0) is 19.7 Å². The highest BCUT2D eigenvalue weighted by Crippen LogP contribution is 2.28. The molecule has 7 heteroatoms. The zero-order chi connectivity index (χ0) is 14.9. The molecule has 0 amide bonds. The number of ether oxygens (including phenoxy) is 2. The maximum absolute atomic E-state index is 12.8. The minimum Gasteiger partial charge on any atom is -0.350 e. The van der Waals surface area contributed by atoms with Crippen molar-refractivity contribution in [2.75, 3.05) is 39.4 Å². The Balaban J connectivity index is 1.66. The molecule has 21 heavy (non-hydrogen) atoms. The summed E-state index contributed by atoms with van der Waals surface area (Å²) in [5.41, 5.74) is 0. The summed E-state index contributed by atoms with van der Waals surface area (Å²) in [7, 11) is -3.32. The summed E-state index contributed by atoms with van der Waals surface area (Å²) in [6.45, 7) is 5.83. The van der Waals surface area contributed by atoms with Gasteiger partial charge in [0.25, 0.3) is 10.2 Å². The summed E-state index contributed by atoms with van der Waals surface area (Å²) >= 11 is 0. The average molecular weight is 318 g/mol. The fourth-order valence-electron chi connectivity index (χ4n) is 3.57. The second-order valence-corrected chi connectivity index (χ2v) is 8.41. The standard InChI is InChI=1S/C14H26N2O4S/c1-12-4-2-6-15(10-12)21(17,18)16-7-3-5-13(11-16)14-19-8-9-20-14/h12-14H,2-11H2,1H3. The van der Waals surface area contributed by atoms with E-state index in [0.29, 0.717) is 45.3 Å². The second-order valence-electron chi connectivity index (χ2n) is 6.48. The van der Waals surface area contributed by atoms with Crippen molar-refractivity contribution in [3.8, 4) is 0 Å². The Kier molecular flexibility index (Phi) is 4.85. The van der Waals surface area contributed by atoms with Crippen LogP contribution in [-0.4, -0.2) is 62.7 Å². The van der Waals surface area contributed by atoms with Crippen molar-refractivity contribution in [3.05, 3.63) is 0 Å². The quantitative estimate of drug-likeness (QED) is 0.780. The third-order valence-corrected chi connectivity index (χ3v) is 6.69. The van der Waals surface area contributed by atoms with Crippen LogP contribution in [0.15, 0.2) is 0 Å². The Labute approximate surface area is 127 Å². The molecular weight excluding hydrogens is 292 g/mol. The molecule has 3 aliphatic rings. The lowest BCUT2D eigenvalue weighted by Gasteiger charge is -2.38. The predicted molar refractivity (Wildman–Crippen MR) is 78.9 cm³/mol. The molecule has 0 N–H and O–H groups in total. The molecule has 0 spiro atoms. The molecule has 2 unspecified atom stereocenters. The van der Waals surface area contributed by atoms with Gasteiger partial charge in [0.1, 0.15) is 0 Å². The van der Waals surface area contributed by atoms with Crippen molar-refractivity contribution >= 4 is 10.2 Å². The first-order chi connectivity index (χ1) is 10.1. The van der Waals surface area contributed by atoms with Crippen LogP contribution in [0.4, 0.5) is 0 Å². The van der Waals surface area contributed by atoms with Crippen LogP contribution in [0, 0.1) is 11.8 Å². The van der Waals surface area contributed by atoms with Gasteiger partial charge in [0.05, 0.1) is 13.2 Å². The predicted octanol–water partition coefficient (Wildman–Crippen LogP) is 1.05. The first kappa shape index (κ1) is 15.7. The smallest absolute Gasteiger partial charge is 0.281 e. The van der Waals surface area contributed by atoms with Crippen LogP contribution in [0.25, 0.3) is 0 Å². The van der Waals surface area contributed by atoms with E-state index in [1.54, 1.807) is 8.61 Å². The first-order valence-electron chi connectivity index (χ1n) is 8.06. The molecule has 0 aliphatic carbocycles. The van der Waals surface area contributed by atoms with E-state index in [0.717, 1.165) is 25.7 Å². The first-order valence-corrected chi connectivity index (χ1v) is 9.45. The molecule has 3 fully saturated rings. The molecule has 0 saturated carbocycles. The lowest BCUT2D eigenvalue weighted by atomic mass is 9.99. The van der Waals surface area contributed by atoms with Crippen molar-refractivity contribution in [1.29, 1.82) is 0 Å². The van der Waals surface area contributed by atoms with E-state index in [2.05, 4.69) is 6.92 Å². The van der Waals surface area contributed by atoms with E-state index in [1.165, 1.54) is 0 Å². The lowest BCUT2D eigenvalue weighted by Crippen LogP contribution is -2.51. The molecule has 0 aromatic heterocycles. The van der Waals surface area contributed by atoms with Crippen molar-refractivity contribution in [1.82, 2.24) is 8.61 Å². The zero-order valence-corrected chi connectivity index (χ0v) is 13.6. The van der Waals surface area contributed by atoms with E-state index in [1.807, 2.05) is 0 Å². The normalized spacial score (nSPS) is 34.3. The van der Waals surface area contributed by atoms with Gasteiger partial charge in [-0.1, -0.05) is 6.92 Å². The largest absolute Gasteiger partial charge is 0.350 e. The number of nitrogens with zero attached hydrogens (tertiary/aromatic N) is 2. The Morgan fingerprint density at radius 2 is 1.57 bits per heavy atom. The zero-order valence-electron chi connectivity index (χ0n) is 12.7. The van der Waals surface area contributed by atoms with Gasteiger partial charge >= 0.3 is 0 Å².